The lowest BCUT2D eigenvalue weighted by molar-refractivity contribution is -0.153. The molecule has 0 saturated carbocycles. The first-order chi connectivity index (χ1) is 15.2. The molecule has 0 spiro atoms. The number of esters is 2. The van der Waals surface area contributed by atoms with Crippen LogP contribution in [0.2, 0.25) is 5.02 Å². The Bertz CT molecular complexity index is 1020. The number of rotatable bonds is 9. The molecule has 1 aromatic heterocycles. The minimum atomic E-state index is -0.986. The highest BCUT2D eigenvalue weighted by molar-refractivity contribution is 7.18. The summed E-state index contributed by atoms with van der Waals surface area (Å²) in [4.78, 5) is 49.2. The van der Waals surface area contributed by atoms with E-state index in [1.165, 1.54) is 20.0 Å². The highest BCUT2D eigenvalue weighted by Crippen LogP contribution is 2.33. The highest BCUT2D eigenvalue weighted by Gasteiger charge is 2.27. The van der Waals surface area contributed by atoms with Crippen LogP contribution in [0.5, 0.6) is 5.75 Å². The molecule has 2 N–H and O–H groups in total. The molecular weight excluding hydrogens is 460 g/mol. The number of benzene rings is 1. The number of carbonyl (C=O) groups excluding carboxylic acids is 4. The van der Waals surface area contributed by atoms with Crippen LogP contribution >= 0.6 is 22.9 Å². The molecule has 11 heteroatoms. The Morgan fingerprint density at radius 3 is 2.53 bits per heavy atom. The van der Waals surface area contributed by atoms with E-state index < -0.39 is 36.5 Å². The second-order valence-electron chi connectivity index (χ2n) is 6.43. The molecule has 32 heavy (non-hydrogen) atoms. The molecule has 0 aliphatic heterocycles. The quantitative estimate of drug-likeness (QED) is 0.526. The zero-order chi connectivity index (χ0) is 23.8. The van der Waals surface area contributed by atoms with Crippen LogP contribution in [-0.4, -0.2) is 50.1 Å². The summed E-state index contributed by atoms with van der Waals surface area (Å²) in [5, 5.41) is 5.56. The average molecular weight is 483 g/mol. The lowest BCUT2D eigenvalue weighted by Crippen LogP contribution is -2.29. The van der Waals surface area contributed by atoms with Crippen molar-refractivity contribution in [3.63, 3.8) is 0 Å². The van der Waals surface area contributed by atoms with Crippen molar-refractivity contribution in [1.82, 2.24) is 5.32 Å². The maximum Gasteiger partial charge on any atom is 0.347 e. The Hall–Kier alpha value is -3.11. The number of carbonyl (C=O) groups is 4. The molecule has 0 bridgehead atoms. The van der Waals surface area contributed by atoms with E-state index in [0.29, 0.717) is 16.3 Å². The largest absolute Gasteiger partial charge is 0.479 e. The van der Waals surface area contributed by atoms with Gasteiger partial charge in [0.05, 0.1) is 17.0 Å². The van der Waals surface area contributed by atoms with Gasteiger partial charge in [0.25, 0.3) is 11.8 Å². The van der Waals surface area contributed by atoms with Crippen LogP contribution in [0.15, 0.2) is 24.3 Å². The lowest BCUT2D eigenvalue weighted by atomic mass is 10.1. The van der Waals surface area contributed by atoms with Crippen molar-refractivity contribution in [2.75, 3.05) is 25.6 Å². The highest BCUT2D eigenvalue weighted by atomic mass is 35.5. The fourth-order valence-electron chi connectivity index (χ4n) is 2.59. The third-order valence-corrected chi connectivity index (χ3v) is 5.54. The van der Waals surface area contributed by atoms with Crippen LogP contribution in [0.4, 0.5) is 5.00 Å². The molecule has 0 aliphatic carbocycles. The van der Waals surface area contributed by atoms with Gasteiger partial charge in [-0.05, 0) is 44.5 Å². The molecule has 0 radical (unpaired) electrons. The van der Waals surface area contributed by atoms with Crippen molar-refractivity contribution < 1.29 is 33.4 Å². The number of amides is 2. The molecule has 172 valence electrons. The summed E-state index contributed by atoms with van der Waals surface area (Å²) in [5.41, 5.74) is 0.455. The summed E-state index contributed by atoms with van der Waals surface area (Å²) in [7, 11) is 1.45. The predicted molar refractivity (Wildman–Crippen MR) is 120 cm³/mol. The fourth-order valence-corrected chi connectivity index (χ4v) is 3.93. The molecule has 0 aliphatic rings. The Labute approximate surface area is 194 Å². The smallest absolute Gasteiger partial charge is 0.347 e. The number of anilines is 1. The van der Waals surface area contributed by atoms with E-state index in [2.05, 4.69) is 10.6 Å². The average Bonchev–Trinajstić information content (AvgIpc) is 3.07. The van der Waals surface area contributed by atoms with E-state index in [0.717, 1.165) is 11.3 Å². The molecule has 1 unspecified atom stereocenters. The first-order valence-corrected chi connectivity index (χ1v) is 10.8. The van der Waals surface area contributed by atoms with Crippen LogP contribution in [0.25, 0.3) is 0 Å². The van der Waals surface area contributed by atoms with Gasteiger partial charge in [0.1, 0.15) is 10.8 Å². The molecule has 1 atom stereocenters. The Kier molecular flexibility index (Phi) is 9.03. The third kappa shape index (κ3) is 6.44. The molecule has 0 fully saturated rings. The maximum absolute atomic E-state index is 12.3. The Balaban J connectivity index is 2.04. The molecule has 1 heterocycles. The monoisotopic (exact) mass is 482 g/mol. The van der Waals surface area contributed by atoms with Gasteiger partial charge in [0, 0.05) is 12.1 Å². The van der Waals surface area contributed by atoms with Gasteiger partial charge in [0.2, 0.25) is 0 Å². The van der Waals surface area contributed by atoms with Gasteiger partial charge in [-0.3, -0.25) is 9.59 Å². The third-order valence-electron chi connectivity index (χ3n) is 4.10. The van der Waals surface area contributed by atoms with E-state index in [1.807, 2.05) is 0 Å². The van der Waals surface area contributed by atoms with Crippen molar-refractivity contribution in [2.45, 2.75) is 26.9 Å². The Morgan fingerprint density at radius 2 is 1.91 bits per heavy atom. The molecular formula is C21H23ClN2O7S. The van der Waals surface area contributed by atoms with Crippen molar-refractivity contribution in [3.05, 3.63) is 45.3 Å². The van der Waals surface area contributed by atoms with Crippen molar-refractivity contribution in [3.8, 4) is 5.75 Å². The molecule has 1 aromatic carbocycles. The topological polar surface area (TPSA) is 120 Å². The number of nitrogens with one attached hydrogen (secondary N) is 2. The second-order valence-corrected chi connectivity index (χ2v) is 7.89. The fraction of sp³-hybridized carbons (Fsp3) is 0.333. The van der Waals surface area contributed by atoms with E-state index in [9.17, 15) is 19.2 Å². The Morgan fingerprint density at radius 1 is 1.19 bits per heavy atom. The molecule has 2 aromatic rings. The summed E-state index contributed by atoms with van der Waals surface area (Å²) >= 11 is 6.80. The zero-order valence-corrected chi connectivity index (χ0v) is 19.5. The van der Waals surface area contributed by atoms with Crippen molar-refractivity contribution in [1.29, 1.82) is 0 Å². The van der Waals surface area contributed by atoms with Crippen LogP contribution in [0, 0.1) is 6.92 Å². The molecule has 0 saturated heterocycles. The number of thiophene rings is 1. The van der Waals surface area contributed by atoms with Crippen LogP contribution in [0.1, 0.15) is 39.4 Å². The number of halogens is 1. The number of hydrogen-bond donors (Lipinski definition) is 2. The van der Waals surface area contributed by atoms with Crippen LogP contribution in [0.3, 0.4) is 0 Å². The van der Waals surface area contributed by atoms with Gasteiger partial charge >= 0.3 is 11.9 Å². The number of ether oxygens (including phenoxy) is 3. The molecule has 9 nitrogen and oxygen atoms in total. The first kappa shape index (κ1) is 25.2. The van der Waals surface area contributed by atoms with E-state index >= 15 is 0 Å². The van der Waals surface area contributed by atoms with E-state index in [4.69, 9.17) is 25.8 Å². The summed E-state index contributed by atoms with van der Waals surface area (Å²) in [6.45, 7) is 4.20. The predicted octanol–water partition coefficient (Wildman–Crippen LogP) is 3.20. The zero-order valence-electron chi connectivity index (χ0n) is 17.9. The SMILES string of the molecule is CCOC(=O)c1c(NC(=O)COC(=O)C(C)Oc2cccc(Cl)c2)sc(C(=O)NC)c1C. The molecule has 2 amide bonds. The van der Waals surface area contributed by atoms with Gasteiger partial charge in [-0.25, -0.2) is 9.59 Å². The van der Waals surface area contributed by atoms with Gasteiger partial charge in [-0.1, -0.05) is 17.7 Å². The second kappa shape index (κ2) is 11.5. The normalized spacial score (nSPS) is 11.3. The van der Waals surface area contributed by atoms with Crippen molar-refractivity contribution in [2.24, 2.45) is 0 Å². The summed E-state index contributed by atoms with van der Waals surface area (Å²) < 4.78 is 15.5. The minimum absolute atomic E-state index is 0.0767. The summed E-state index contributed by atoms with van der Waals surface area (Å²) in [5.74, 6) is -2.16. The number of hydrogen-bond acceptors (Lipinski definition) is 8. The van der Waals surface area contributed by atoms with Gasteiger partial charge in [0.15, 0.2) is 12.7 Å². The first-order valence-electron chi connectivity index (χ1n) is 9.59. The maximum atomic E-state index is 12.3. The standard InChI is InChI=1S/C21H23ClN2O7S/c1-5-29-21(28)16-11(2)17(18(26)23-4)32-19(16)24-15(25)10-30-20(27)12(3)31-14-8-6-7-13(22)9-14/h6-9,12H,5,10H2,1-4H3,(H,23,26)(H,24,25). The lowest BCUT2D eigenvalue weighted by Gasteiger charge is -2.14. The van der Waals surface area contributed by atoms with Crippen LogP contribution in [-0.2, 0) is 19.1 Å². The summed E-state index contributed by atoms with van der Waals surface area (Å²) in [6, 6.07) is 6.50. The van der Waals surface area contributed by atoms with Crippen LogP contribution < -0.4 is 15.4 Å². The summed E-state index contributed by atoms with van der Waals surface area (Å²) in [6.07, 6.45) is -0.986. The van der Waals surface area contributed by atoms with Crippen molar-refractivity contribution >= 4 is 51.7 Å². The molecule has 2 rings (SSSR count). The van der Waals surface area contributed by atoms with Gasteiger partial charge < -0.3 is 24.8 Å². The van der Waals surface area contributed by atoms with Gasteiger partial charge in [-0.15, -0.1) is 11.3 Å². The van der Waals surface area contributed by atoms with Gasteiger partial charge in [-0.2, -0.15) is 0 Å². The van der Waals surface area contributed by atoms with E-state index in [1.54, 1.807) is 32.0 Å². The minimum Gasteiger partial charge on any atom is -0.479 e. The van der Waals surface area contributed by atoms with E-state index in [-0.39, 0.29) is 22.0 Å².